The van der Waals surface area contributed by atoms with Crippen LogP contribution in [0.3, 0.4) is 0 Å². The van der Waals surface area contributed by atoms with Crippen molar-refractivity contribution in [3.63, 3.8) is 0 Å². The molecule has 0 amide bonds. The second-order valence-corrected chi connectivity index (χ2v) is 5.38. The molecule has 1 unspecified atom stereocenters. The number of benzene rings is 1. The third-order valence-corrected chi connectivity index (χ3v) is 4.23. The van der Waals surface area contributed by atoms with Gasteiger partial charge in [0.15, 0.2) is 11.5 Å². The van der Waals surface area contributed by atoms with Gasteiger partial charge < -0.3 is 19.9 Å². The lowest BCUT2D eigenvalue weighted by Gasteiger charge is -2.28. The molecular weight excluding hydrogens is 254 g/mol. The smallest absolute Gasteiger partial charge is 0.203 e. The van der Waals surface area contributed by atoms with Crippen molar-refractivity contribution >= 4 is 0 Å². The van der Waals surface area contributed by atoms with E-state index in [1.54, 1.807) is 21.3 Å². The fourth-order valence-corrected chi connectivity index (χ4v) is 3.06. The molecule has 0 spiro atoms. The molecule has 2 rings (SSSR count). The number of hydrogen-bond acceptors (Lipinski definition) is 4. The molecule has 1 fully saturated rings. The topological polar surface area (TPSA) is 53.7 Å². The summed E-state index contributed by atoms with van der Waals surface area (Å²) in [6.07, 6.45) is 6.31. The van der Waals surface area contributed by atoms with E-state index in [-0.39, 0.29) is 6.04 Å². The molecule has 1 aliphatic rings. The van der Waals surface area contributed by atoms with Gasteiger partial charge in [0.25, 0.3) is 0 Å². The lowest BCUT2D eigenvalue weighted by molar-refractivity contribution is 0.302. The minimum Gasteiger partial charge on any atom is -0.493 e. The van der Waals surface area contributed by atoms with Crippen molar-refractivity contribution in [1.29, 1.82) is 0 Å². The highest BCUT2D eigenvalue weighted by Gasteiger charge is 2.24. The van der Waals surface area contributed by atoms with Crippen LogP contribution in [0.15, 0.2) is 12.1 Å². The first-order valence-electron chi connectivity index (χ1n) is 7.26. The zero-order valence-corrected chi connectivity index (χ0v) is 12.6. The molecule has 112 valence electrons. The van der Waals surface area contributed by atoms with Crippen molar-refractivity contribution in [2.45, 2.75) is 38.1 Å². The van der Waals surface area contributed by atoms with Crippen LogP contribution in [0.1, 0.15) is 43.7 Å². The number of rotatable bonds is 5. The summed E-state index contributed by atoms with van der Waals surface area (Å²) in [7, 11) is 4.88. The number of hydrogen-bond donors (Lipinski definition) is 1. The summed E-state index contributed by atoms with van der Waals surface area (Å²) in [5.74, 6) is 2.52. The van der Waals surface area contributed by atoms with E-state index < -0.39 is 0 Å². The first-order valence-corrected chi connectivity index (χ1v) is 7.26. The Bertz CT molecular complexity index is 416. The number of methoxy groups -OCH3 is 3. The standard InChI is InChI=1S/C16H25NO3/c1-18-13-9-12(10-14(19-2)16(13)20-3)15(17)11-7-5-4-6-8-11/h9-11,15H,4-8,17H2,1-3H3. The normalized spacial score (nSPS) is 17.6. The Morgan fingerprint density at radius 3 is 1.95 bits per heavy atom. The fourth-order valence-electron chi connectivity index (χ4n) is 3.06. The molecule has 20 heavy (non-hydrogen) atoms. The average molecular weight is 279 g/mol. The molecule has 0 aliphatic heterocycles. The van der Waals surface area contributed by atoms with E-state index in [0.717, 1.165) is 5.56 Å². The van der Waals surface area contributed by atoms with Crippen LogP contribution in [-0.4, -0.2) is 21.3 Å². The van der Waals surface area contributed by atoms with Crippen molar-refractivity contribution in [2.75, 3.05) is 21.3 Å². The van der Waals surface area contributed by atoms with Crippen molar-refractivity contribution in [1.82, 2.24) is 0 Å². The predicted octanol–water partition coefficient (Wildman–Crippen LogP) is 3.29. The maximum Gasteiger partial charge on any atom is 0.203 e. The minimum atomic E-state index is 0.0315. The van der Waals surface area contributed by atoms with Gasteiger partial charge in [-0.25, -0.2) is 0 Å². The molecule has 1 saturated carbocycles. The fraction of sp³-hybridized carbons (Fsp3) is 0.625. The van der Waals surface area contributed by atoms with Crippen molar-refractivity contribution in [2.24, 2.45) is 11.7 Å². The molecule has 0 aromatic heterocycles. The Hall–Kier alpha value is -1.42. The largest absolute Gasteiger partial charge is 0.493 e. The van der Waals surface area contributed by atoms with E-state index in [0.29, 0.717) is 23.2 Å². The van der Waals surface area contributed by atoms with E-state index in [1.165, 1.54) is 32.1 Å². The number of nitrogens with two attached hydrogens (primary N) is 1. The molecule has 0 bridgehead atoms. The molecule has 1 atom stereocenters. The van der Waals surface area contributed by atoms with Crippen molar-refractivity contribution in [3.05, 3.63) is 17.7 Å². The molecule has 4 heteroatoms. The van der Waals surface area contributed by atoms with E-state index in [4.69, 9.17) is 19.9 Å². The van der Waals surface area contributed by atoms with Gasteiger partial charge in [-0.1, -0.05) is 19.3 Å². The molecule has 0 radical (unpaired) electrons. The Labute approximate surface area is 121 Å². The van der Waals surface area contributed by atoms with E-state index >= 15 is 0 Å². The van der Waals surface area contributed by atoms with Gasteiger partial charge in [0.1, 0.15) is 0 Å². The van der Waals surface area contributed by atoms with Gasteiger partial charge in [-0.3, -0.25) is 0 Å². The van der Waals surface area contributed by atoms with Gasteiger partial charge in [0, 0.05) is 6.04 Å². The van der Waals surface area contributed by atoms with Gasteiger partial charge >= 0.3 is 0 Å². The van der Waals surface area contributed by atoms with E-state index in [9.17, 15) is 0 Å². The third-order valence-electron chi connectivity index (χ3n) is 4.23. The predicted molar refractivity (Wildman–Crippen MR) is 79.6 cm³/mol. The Morgan fingerprint density at radius 1 is 0.950 bits per heavy atom. The molecule has 1 aromatic rings. The molecule has 0 saturated heterocycles. The lowest BCUT2D eigenvalue weighted by atomic mass is 9.81. The molecule has 0 heterocycles. The maximum atomic E-state index is 6.46. The van der Waals surface area contributed by atoms with Gasteiger partial charge in [-0.05, 0) is 36.5 Å². The molecule has 1 aromatic carbocycles. The monoisotopic (exact) mass is 279 g/mol. The SMILES string of the molecule is COc1cc(C(N)C2CCCCC2)cc(OC)c1OC. The van der Waals surface area contributed by atoms with Crippen LogP contribution < -0.4 is 19.9 Å². The second-order valence-electron chi connectivity index (χ2n) is 5.38. The Kier molecular flexibility index (Phi) is 5.12. The zero-order valence-electron chi connectivity index (χ0n) is 12.6. The molecule has 2 N–H and O–H groups in total. The van der Waals surface area contributed by atoms with E-state index in [1.807, 2.05) is 12.1 Å². The lowest BCUT2D eigenvalue weighted by Crippen LogP contribution is -2.23. The zero-order chi connectivity index (χ0) is 14.5. The van der Waals surface area contributed by atoms with Crippen molar-refractivity contribution < 1.29 is 14.2 Å². The van der Waals surface area contributed by atoms with Crippen LogP contribution >= 0.6 is 0 Å². The first-order chi connectivity index (χ1) is 9.71. The molecular formula is C16H25NO3. The van der Waals surface area contributed by atoms with Crippen molar-refractivity contribution in [3.8, 4) is 17.2 Å². The van der Waals surface area contributed by atoms with Gasteiger partial charge in [0.2, 0.25) is 5.75 Å². The van der Waals surface area contributed by atoms with Crippen LogP contribution in [-0.2, 0) is 0 Å². The molecule has 1 aliphatic carbocycles. The van der Waals surface area contributed by atoms with Gasteiger partial charge in [-0.2, -0.15) is 0 Å². The third kappa shape index (κ3) is 3.01. The van der Waals surface area contributed by atoms with Crippen LogP contribution in [0.25, 0.3) is 0 Å². The number of ether oxygens (including phenoxy) is 3. The summed E-state index contributed by atoms with van der Waals surface area (Å²) >= 11 is 0. The summed E-state index contributed by atoms with van der Waals surface area (Å²) in [6, 6.07) is 3.98. The first kappa shape index (κ1) is 15.0. The average Bonchev–Trinajstić information content (AvgIpc) is 2.53. The Morgan fingerprint density at radius 2 is 1.50 bits per heavy atom. The quantitative estimate of drug-likeness (QED) is 0.898. The second kappa shape index (κ2) is 6.84. The Balaban J connectivity index is 2.30. The summed E-state index contributed by atoms with van der Waals surface area (Å²) in [6.45, 7) is 0. The summed E-state index contributed by atoms with van der Waals surface area (Å²) in [5.41, 5.74) is 7.52. The highest BCUT2D eigenvalue weighted by Crippen LogP contribution is 2.42. The summed E-state index contributed by atoms with van der Waals surface area (Å²) in [4.78, 5) is 0. The van der Waals surface area contributed by atoms with Crippen LogP contribution in [0.5, 0.6) is 17.2 Å². The highest BCUT2D eigenvalue weighted by atomic mass is 16.5. The van der Waals surface area contributed by atoms with Gasteiger partial charge in [-0.15, -0.1) is 0 Å². The maximum absolute atomic E-state index is 6.46. The van der Waals surface area contributed by atoms with Crippen LogP contribution in [0, 0.1) is 5.92 Å². The van der Waals surface area contributed by atoms with E-state index in [2.05, 4.69) is 0 Å². The summed E-state index contributed by atoms with van der Waals surface area (Å²) < 4.78 is 16.1. The van der Waals surface area contributed by atoms with Gasteiger partial charge in [0.05, 0.1) is 21.3 Å². The summed E-state index contributed by atoms with van der Waals surface area (Å²) in [5, 5.41) is 0. The van der Waals surface area contributed by atoms with Crippen LogP contribution in [0.4, 0.5) is 0 Å². The van der Waals surface area contributed by atoms with Crippen LogP contribution in [0.2, 0.25) is 0 Å². The molecule has 4 nitrogen and oxygen atoms in total. The highest BCUT2D eigenvalue weighted by molar-refractivity contribution is 5.54. The minimum absolute atomic E-state index is 0.0315.